The molecule has 104 valence electrons. The lowest BCUT2D eigenvalue weighted by Crippen LogP contribution is -2.19. The number of carbonyl (C=O) groups excluding carboxylic acids is 1. The number of halogens is 1. The van der Waals surface area contributed by atoms with E-state index >= 15 is 0 Å². The SMILES string of the molecule is Cc1ccc(CNc2cc3c(cc2F)CCC(=O)N3)s1. The van der Waals surface area contributed by atoms with E-state index in [1.54, 1.807) is 17.4 Å². The van der Waals surface area contributed by atoms with Crippen molar-refractivity contribution in [1.29, 1.82) is 0 Å². The number of rotatable bonds is 3. The number of thiophene rings is 1. The first-order valence-electron chi connectivity index (χ1n) is 6.53. The summed E-state index contributed by atoms with van der Waals surface area (Å²) in [6, 6.07) is 7.27. The molecule has 1 amide bonds. The Morgan fingerprint density at radius 2 is 2.20 bits per heavy atom. The molecule has 0 radical (unpaired) electrons. The van der Waals surface area contributed by atoms with Gasteiger partial charge in [-0.3, -0.25) is 4.79 Å². The highest BCUT2D eigenvalue weighted by molar-refractivity contribution is 7.11. The lowest BCUT2D eigenvalue weighted by atomic mass is 10.0. The van der Waals surface area contributed by atoms with E-state index in [4.69, 9.17) is 0 Å². The van der Waals surface area contributed by atoms with Gasteiger partial charge in [-0.2, -0.15) is 0 Å². The molecule has 1 aromatic carbocycles. The second-order valence-corrected chi connectivity index (χ2v) is 6.28. The first-order chi connectivity index (χ1) is 9.61. The average Bonchev–Trinajstić information content (AvgIpc) is 2.83. The van der Waals surface area contributed by atoms with Gasteiger partial charge in [-0.25, -0.2) is 4.39 Å². The second-order valence-electron chi connectivity index (χ2n) is 4.90. The number of anilines is 2. The van der Waals surface area contributed by atoms with E-state index in [1.165, 1.54) is 10.9 Å². The normalized spacial score (nSPS) is 13.8. The standard InChI is InChI=1S/C15H15FN2OS/c1-9-2-4-11(20-9)8-17-14-7-13-10(6-12(14)16)3-5-15(19)18-13/h2,4,6-7,17H,3,5,8H2,1H3,(H,18,19). The lowest BCUT2D eigenvalue weighted by Gasteiger charge is -2.18. The Morgan fingerprint density at radius 3 is 2.95 bits per heavy atom. The van der Waals surface area contributed by atoms with E-state index in [0.29, 0.717) is 30.8 Å². The summed E-state index contributed by atoms with van der Waals surface area (Å²) in [6.45, 7) is 2.63. The summed E-state index contributed by atoms with van der Waals surface area (Å²) in [5.41, 5.74) is 2.00. The fourth-order valence-electron chi connectivity index (χ4n) is 2.30. The molecule has 20 heavy (non-hydrogen) atoms. The fourth-order valence-corrected chi connectivity index (χ4v) is 3.13. The molecule has 1 aromatic heterocycles. The smallest absolute Gasteiger partial charge is 0.224 e. The minimum atomic E-state index is -0.270. The van der Waals surface area contributed by atoms with Crippen LogP contribution in [0.5, 0.6) is 0 Å². The maximum absolute atomic E-state index is 14.0. The lowest BCUT2D eigenvalue weighted by molar-refractivity contribution is -0.116. The Hall–Kier alpha value is -1.88. The fraction of sp³-hybridized carbons (Fsp3) is 0.267. The molecule has 5 heteroatoms. The second kappa shape index (κ2) is 5.25. The van der Waals surface area contributed by atoms with E-state index in [9.17, 15) is 9.18 Å². The van der Waals surface area contributed by atoms with Crippen molar-refractivity contribution in [1.82, 2.24) is 0 Å². The molecule has 1 aliphatic rings. The van der Waals surface area contributed by atoms with Gasteiger partial charge in [-0.1, -0.05) is 0 Å². The number of hydrogen-bond donors (Lipinski definition) is 2. The number of carbonyl (C=O) groups is 1. The van der Waals surface area contributed by atoms with Crippen LogP contribution >= 0.6 is 11.3 Å². The van der Waals surface area contributed by atoms with Gasteiger partial charge in [0.2, 0.25) is 5.91 Å². The van der Waals surface area contributed by atoms with Gasteiger partial charge in [-0.15, -0.1) is 11.3 Å². The molecule has 0 saturated heterocycles. The predicted molar refractivity (Wildman–Crippen MR) is 79.7 cm³/mol. The minimum absolute atomic E-state index is 0.0102. The van der Waals surface area contributed by atoms with E-state index in [-0.39, 0.29) is 11.7 Å². The van der Waals surface area contributed by atoms with E-state index in [1.807, 2.05) is 19.1 Å². The van der Waals surface area contributed by atoms with Crippen molar-refractivity contribution in [2.75, 3.05) is 10.6 Å². The van der Waals surface area contributed by atoms with Crippen molar-refractivity contribution < 1.29 is 9.18 Å². The summed E-state index contributed by atoms with van der Waals surface area (Å²) in [4.78, 5) is 13.8. The molecule has 0 spiro atoms. The quantitative estimate of drug-likeness (QED) is 0.905. The number of benzene rings is 1. The van der Waals surface area contributed by atoms with Crippen LogP contribution in [0.25, 0.3) is 0 Å². The topological polar surface area (TPSA) is 41.1 Å². The molecular weight excluding hydrogens is 275 g/mol. The number of amides is 1. The summed E-state index contributed by atoms with van der Waals surface area (Å²) >= 11 is 1.69. The van der Waals surface area contributed by atoms with Crippen LogP contribution in [0.1, 0.15) is 21.7 Å². The van der Waals surface area contributed by atoms with Crippen LogP contribution in [0.2, 0.25) is 0 Å². The van der Waals surface area contributed by atoms with E-state index in [0.717, 1.165) is 10.4 Å². The van der Waals surface area contributed by atoms with Crippen molar-refractivity contribution in [2.45, 2.75) is 26.3 Å². The molecule has 2 N–H and O–H groups in total. The number of fused-ring (bicyclic) bond motifs is 1. The Labute approximate surface area is 120 Å². The molecule has 0 fully saturated rings. The predicted octanol–water partition coefficient (Wildman–Crippen LogP) is 3.69. The molecule has 0 unspecified atom stereocenters. The number of hydrogen-bond acceptors (Lipinski definition) is 3. The molecule has 2 heterocycles. The van der Waals surface area contributed by atoms with Crippen LogP contribution < -0.4 is 10.6 Å². The molecule has 0 saturated carbocycles. The zero-order valence-electron chi connectivity index (χ0n) is 11.1. The monoisotopic (exact) mass is 290 g/mol. The summed E-state index contributed by atoms with van der Waals surface area (Å²) in [5.74, 6) is -0.280. The highest BCUT2D eigenvalue weighted by atomic mass is 32.1. The van der Waals surface area contributed by atoms with Gasteiger partial charge in [0.05, 0.1) is 5.69 Å². The molecule has 3 nitrogen and oxygen atoms in total. The summed E-state index contributed by atoms with van der Waals surface area (Å²) in [6.07, 6.45) is 1.02. The minimum Gasteiger partial charge on any atom is -0.378 e. The first-order valence-corrected chi connectivity index (χ1v) is 7.35. The van der Waals surface area contributed by atoms with Crippen LogP contribution in [0.4, 0.5) is 15.8 Å². The Bertz CT molecular complexity index is 666. The summed E-state index contributed by atoms with van der Waals surface area (Å²) in [7, 11) is 0. The molecule has 0 atom stereocenters. The first kappa shape index (κ1) is 13.1. The van der Waals surface area contributed by atoms with Gasteiger partial charge in [0.1, 0.15) is 5.82 Å². The van der Waals surface area contributed by atoms with Crippen LogP contribution in [0.15, 0.2) is 24.3 Å². The molecule has 2 aromatic rings. The summed E-state index contributed by atoms with van der Waals surface area (Å²) < 4.78 is 14.0. The maximum atomic E-state index is 14.0. The zero-order valence-corrected chi connectivity index (χ0v) is 11.9. The van der Waals surface area contributed by atoms with Gasteiger partial charge >= 0.3 is 0 Å². The molecule has 3 rings (SSSR count). The van der Waals surface area contributed by atoms with E-state index < -0.39 is 0 Å². The van der Waals surface area contributed by atoms with Crippen LogP contribution in [0.3, 0.4) is 0 Å². The number of nitrogens with one attached hydrogen (secondary N) is 2. The van der Waals surface area contributed by atoms with Crippen LogP contribution in [-0.2, 0) is 17.8 Å². The van der Waals surface area contributed by atoms with Gasteiger partial charge in [0.15, 0.2) is 0 Å². The summed E-state index contributed by atoms with van der Waals surface area (Å²) in [5, 5.41) is 5.88. The third-order valence-electron chi connectivity index (χ3n) is 3.34. The average molecular weight is 290 g/mol. The zero-order chi connectivity index (χ0) is 14.1. The largest absolute Gasteiger partial charge is 0.378 e. The molecular formula is C15H15FN2OS. The highest BCUT2D eigenvalue weighted by Crippen LogP contribution is 2.29. The molecule has 0 bridgehead atoms. The Kier molecular flexibility index (Phi) is 3.44. The molecule has 1 aliphatic heterocycles. The van der Waals surface area contributed by atoms with Crippen LogP contribution in [0, 0.1) is 12.7 Å². The maximum Gasteiger partial charge on any atom is 0.224 e. The van der Waals surface area contributed by atoms with Gasteiger partial charge in [0, 0.05) is 28.4 Å². The third kappa shape index (κ3) is 2.67. The van der Waals surface area contributed by atoms with Crippen LogP contribution in [-0.4, -0.2) is 5.91 Å². The van der Waals surface area contributed by atoms with E-state index in [2.05, 4.69) is 10.6 Å². The Balaban J connectivity index is 1.79. The van der Waals surface area contributed by atoms with Crippen molar-refractivity contribution in [3.05, 3.63) is 45.4 Å². The Morgan fingerprint density at radius 1 is 1.35 bits per heavy atom. The van der Waals surface area contributed by atoms with Gasteiger partial charge in [0.25, 0.3) is 0 Å². The van der Waals surface area contributed by atoms with Crippen molar-refractivity contribution in [3.8, 4) is 0 Å². The van der Waals surface area contributed by atoms with Crippen molar-refractivity contribution >= 4 is 28.6 Å². The highest BCUT2D eigenvalue weighted by Gasteiger charge is 2.17. The van der Waals surface area contributed by atoms with Gasteiger partial charge in [-0.05, 0) is 43.2 Å². The number of aryl methyl sites for hydroxylation is 2. The third-order valence-corrected chi connectivity index (χ3v) is 4.34. The van der Waals surface area contributed by atoms with Crippen molar-refractivity contribution in [2.24, 2.45) is 0 Å². The molecule has 0 aliphatic carbocycles. The van der Waals surface area contributed by atoms with Crippen molar-refractivity contribution in [3.63, 3.8) is 0 Å². The van der Waals surface area contributed by atoms with Gasteiger partial charge < -0.3 is 10.6 Å².